The topological polar surface area (TPSA) is 57.7 Å². The van der Waals surface area contributed by atoms with Crippen LogP contribution in [0.15, 0.2) is 48.8 Å². The largest absolute Gasteiger partial charge is 0.495 e. The van der Waals surface area contributed by atoms with Gasteiger partial charge in [0.05, 0.1) is 12.8 Å². The van der Waals surface area contributed by atoms with Crippen molar-refractivity contribution in [3.8, 4) is 5.75 Å². The summed E-state index contributed by atoms with van der Waals surface area (Å²) in [6.45, 7) is 5.12. The highest BCUT2D eigenvalue weighted by atomic mass is 16.5. The molecule has 2 aromatic rings. The van der Waals surface area contributed by atoms with Crippen LogP contribution in [0.1, 0.15) is 12.0 Å². The number of para-hydroxylation sites is 2. The van der Waals surface area contributed by atoms with Gasteiger partial charge in [-0.1, -0.05) is 18.2 Å². The molecule has 2 heterocycles. The van der Waals surface area contributed by atoms with Crippen molar-refractivity contribution in [3.05, 3.63) is 54.4 Å². The molecule has 0 saturated carbocycles. The zero-order valence-electron chi connectivity index (χ0n) is 15.2. The second-order valence-corrected chi connectivity index (χ2v) is 6.39. The zero-order valence-corrected chi connectivity index (χ0v) is 15.2. The maximum Gasteiger partial charge on any atom is 0.221 e. The number of anilines is 1. The van der Waals surface area contributed by atoms with Gasteiger partial charge in [-0.15, -0.1) is 0 Å². The molecule has 1 aromatic heterocycles. The van der Waals surface area contributed by atoms with Gasteiger partial charge in [-0.2, -0.15) is 0 Å². The SMILES string of the molecule is COc1ccccc1N1CCN(CCC(=O)NCc2cccnc2)CC1. The molecular formula is C20H26N4O2. The van der Waals surface area contributed by atoms with Gasteiger partial charge in [-0.25, -0.2) is 0 Å². The number of ether oxygens (including phenoxy) is 1. The van der Waals surface area contributed by atoms with Gasteiger partial charge in [0.2, 0.25) is 5.91 Å². The lowest BCUT2D eigenvalue weighted by atomic mass is 10.2. The van der Waals surface area contributed by atoms with Crippen molar-refractivity contribution in [1.29, 1.82) is 0 Å². The van der Waals surface area contributed by atoms with E-state index in [0.717, 1.165) is 49.7 Å². The Kier molecular flexibility index (Phi) is 6.44. The highest BCUT2D eigenvalue weighted by molar-refractivity contribution is 5.76. The van der Waals surface area contributed by atoms with E-state index in [-0.39, 0.29) is 5.91 Å². The molecule has 6 heteroatoms. The predicted molar refractivity (Wildman–Crippen MR) is 102 cm³/mol. The van der Waals surface area contributed by atoms with Gasteiger partial charge in [0.1, 0.15) is 5.75 Å². The molecule has 1 aliphatic heterocycles. The van der Waals surface area contributed by atoms with Crippen LogP contribution >= 0.6 is 0 Å². The third-order valence-electron chi connectivity index (χ3n) is 4.67. The van der Waals surface area contributed by atoms with Gasteiger partial charge in [-0.3, -0.25) is 14.7 Å². The number of hydrogen-bond donors (Lipinski definition) is 1. The Morgan fingerprint density at radius 3 is 2.69 bits per heavy atom. The summed E-state index contributed by atoms with van der Waals surface area (Å²) in [6, 6.07) is 12.0. The van der Waals surface area contributed by atoms with Crippen molar-refractivity contribution in [1.82, 2.24) is 15.2 Å². The van der Waals surface area contributed by atoms with Gasteiger partial charge in [-0.05, 0) is 23.8 Å². The number of carbonyl (C=O) groups excluding carboxylic acids is 1. The quantitative estimate of drug-likeness (QED) is 0.823. The third kappa shape index (κ3) is 4.95. The van der Waals surface area contributed by atoms with Crippen molar-refractivity contribution < 1.29 is 9.53 Å². The van der Waals surface area contributed by atoms with Crippen LogP contribution < -0.4 is 15.0 Å². The Balaban J connectivity index is 1.39. The fraction of sp³-hybridized carbons (Fsp3) is 0.400. The van der Waals surface area contributed by atoms with Crippen LogP contribution in [0.3, 0.4) is 0 Å². The summed E-state index contributed by atoms with van der Waals surface area (Å²) in [7, 11) is 1.71. The van der Waals surface area contributed by atoms with Crippen LogP contribution in [0.5, 0.6) is 5.75 Å². The molecule has 0 radical (unpaired) electrons. The summed E-state index contributed by atoms with van der Waals surface area (Å²) in [6.07, 6.45) is 4.03. The van der Waals surface area contributed by atoms with E-state index in [0.29, 0.717) is 13.0 Å². The molecule has 1 saturated heterocycles. The minimum atomic E-state index is 0.0843. The minimum Gasteiger partial charge on any atom is -0.495 e. The molecule has 0 spiro atoms. The van der Waals surface area contributed by atoms with Gasteiger partial charge in [0, 0.05) is 58.1 Å². The summed E-state index contributed by atoms with van der Waals surface area (Å²) in [5.74, 6) is 0.997. The molecule has 138 valence electrons. The monoisotopic (exact) mass is 354 g/mol. The van der Waals surface area contributed by atoms with Crippen molar-refractivity contribution in [2.45, 2.75) is 13.0 Å². The Morgan fingerprint density at radius 2 is 1.96 bits per heavy atom. The Morgan fingerprint density at radius 1 is 1.15 bits per heavy atom. The lowest BCUT2D eigenvalue weighted by Gasteiger charge is -2.36. The van der Waals surface area contributed by atoms with Crippen molar-refractivity contribution in [2.24, 2.45) is 0 Å². The lowest BCUT2D eigenvalue weighted by Crippen LogP contribution is -2.47. The van der Waals surface area contributed by atoms with E-state index in [1.165, 1.54) is 0 Å². The van der Waals surface area contributed by atoms with Crippen molar-refractivity contribution >= 4 is 11.6 Å². The van der Waals surface area contributed by atoms with Crippen LogP contribution in [-0.4, -0.2) is 55.6 Å². The molecule has 1 amide bonds. The van der Waals surface area contributed by atoms with Crippen LogP contribution in [0.2, 0.25) is 0 Å². The second kappa shape index (κ2) is 9.20. The number of hydrogen-bond acceptors (Lipinski definition) is 5. The molecule has 1 N–H and O–H groups in total. The van der Waals surface area contributed by atoms with E-state index < -0.39 is 0 Å². The Labute approximate surface area is 154 Å². The molecule has 1 aromatic carbocycles. The molecule has 26 heavy (non-hydrogen) atoms. The highest BCUT2D eigenvalue weighted by Crippen LogP contribution is 2.28. The normalized spacial score (nSPS) is 14.9. The van der Waals surface area contributed by atoms with Crippen molar-refractivity contribution in [3.63, 3.8) is 0 Å². The number of aromatic nitrogens is 1. The first-order chi connectivity index (χ1) is 12.8. The van der Waals surface area contributed by atoms with Crippen LogP contribution in [0.25, 0.3) is 0 Å². The number of piperazine rings is 1. The zero-order chi connectivity index (χ0) is 18.2. The van der Waals surface area contributed by atoms with E-state index in [1.807, 2.05) is 30.3 Å². The summed E-state index contributed by atoms with van der Waals surface area (Å²) in [5.41, 5.74) is 2.16. The average Bonchev–Trinajstić information content (AvgIpc) is 2.72. The molecule has 0 bridgehead atoms. The van der Waals surface area contributed by atoms with E-state index in [4.69, 9.17) is 4.74 Å². The number of carbonyl (C=O) groups is 1. The highest BCUT2D eigenvalue weighted by Gasteiger charge is 2.19. The molecule has 6 nitrogen and oxygen atoms in total. The molecular weight excluding hydrogens is 328 g/mol. The third-order valence-corrected chi connectivity index (χ3v) is 4.67. The first kappa shape index (κ1) is 18.2. The number of methoxy groups -OCH3 is 1. The maximum atomic E-state index is 12.0. The Hall–Kier alpha value is -2.60. The molecule has 0 aliphatic carbocycles. The van der Waals surface area contributed by atoms with Gasteiger partial charge < -0.3 is 15.0 Å². The van der Waals surface area contributed by atoms with Gasteiger partial charge in [0.15, 0.2) is 0 Å². The molecule has 1 aliphatic rings. The molecule has 1 fully saturated rings. The lowest BCUT2D eigenvalue weighted by molar-refractivity contribution is -0.121. The van der Waals surface area contributed by atoms with E-state index in [9.17, 15) is 4.79 Å². The molecule has 0 atom stereocenters. The first-order valence-electron chi connectivity index (χ1n) is 9.02. The van der Waals surface area contributed by atoms with E-state index in [1.54, 1.807) is 19.5 Å². The number of amides is 1. The van der Waals surface area contributed by atoms with Gasteiger partial charge in [0.25, 0.3) is 0 Å². The molecule has 3 rings (SSSR count). The van der Waals surface area contributed by atoms with Crippen molar-refractivity contribution in [2.75, 3.05) is 44.7 Å². The number of rotatable bonds is 7. The Bertz CT molecular complexity index is 700. The van der Waals surface area contributed by atoms with E-state index in [2.05, 4.69) is 26.2 Å². The predicted octanol–water partition coefficient (Wildman–Crippen LogP) is 1.92. The summed E-state index contributed by atoms with van der Waals surface area (Å²) in [4.78, 5) is 20.8. The molecule has 0 unspecified atom stereocenters. The fourth-order valence-corrected chi connectivity index (χ4v) is 3.15. The fourth-order valence-electron chi connectivity index (χ4n) is 3.15. The van der Waals surface area contributed by atoms with Crippen LogP contribution in [0, 0.1) is 0 Å². The van der Waals surface area contributed by atoms with Gasteiger partial charge >= 0.3 is 0 Å². The smallest absolute Gasteiger partial charge is 0.221 e. The summed E-state index contributed by atoms with van der Waals surface area (Å²) in [5, 5.41) is 2.96. The summed E-state index contributed by atoms with van der Waals surface area (Å²) >= 11 is 0. The standard InChI is InChI=1S/C20H26N4O2/c1-26-19-7-3-2-6-18(19)24-13-11-23(12-14-24)10-8-20(25)22-16-17-5-4-9-21-15-17/h2-7,9,15H,8,10-14,16H2,1H3,(H,22,25). The first-order valence-corrected chi connectivity index (χ1v) is 9.02. The van der Waals surface area contributed by atoms with Crippen LogP contribution in [-0.2, 0) is 11.3 Å². The average molecular weight is 354 g/mol. The maximum absolute atomic E-state index is 12.0. The summed E-state index contributed by atoms with van der Waals surface area (Å²) < 4.78 is 5.46. The second-order valence-electron chi connectivity index (χ2n) is 6.39. The van der Waals surface area contributed by atoms with Crippen LogP contribution in [0.4, 0.5) is 5.69 Å². The minimum absolute atomic E-state index is 0.0843. The number of benzene rings is 1. The number of nitrogens with one attached hydrogen (secondary N) is 1. The van der Waals surface area contributed by atoms with E-state index >= 15 is 0 Å². The number of pyridine rings is 1. The number of nitrogens with zero attached hydrogens (tertiary/aromatic N) is 3.